The Morgan fingerprint density at radius 3 is 2.76 bits per heavy atom. The molecule has 0 aromatic carbocycles. The number of rotatable bonds is 1. The van der Waals surface area contributed by atoms with Crippen LogP contribution < -0.4 is 0 Å². The van der Waals surface area contributed by atoms with E-state index in [1.807, 2.05) is 0 Å². The smallest absolute Gasteiger partial charge is 0.417 e. The van der Waals surface area contributed by atoms with Crippen LogP contribution in [0.2, 0.25) is 0 Å². The first-order valence-electron chi connectivity index (χ1n) is 4.56. The summed E-state index contributed by atoms with van der Waals surface area (Å²) >= 11 is 0. The second kappa shape index (κ2) is 3.76. The van der Waals surface area contributed by atoms with Crippen LogP contribution in [-0.4, -0.2) is 23.0 Å². The lowest BCUT2D eigenvalue weighted by molar-refractivity contribution is -0.137. The maximum absolute atomic E-state index is 12.5. The van der Waals surface area contributed by atoms with Gasteiger partial charge >= 0.3 is 12.1 Å². The van der Waals surface area contributed by atoms with Gasteiger partial charge in [-0.1, -0.05) is 0 Å². The SMILES string of the molecule is COC(=O)c1c[nH]c2ncc(C(F)(F)F)cc12. The summed E-state index contributed by atoms with van der Waals surface area (Å²) in [5.41, 5.74) is -0.672. The monoisotopic (exact) mass is 244 g/mol. The third-order valence-corrected chi connectivity index (χ3v) is 2.26. The highest BCUT2D eigenvalue weighted by Gasteiger charge is 2.31. The molecule has 0 amide bonds. The molecule has 0 spiro atoms. The Morgan fingerprint density at radius 2 is 2.18 bits per heavy atom. The van der Waals surface area contributed by atoms with Gasteiger partial charge in [-0.15, -0.1) is 0 Å². The number of hydrogen-bond acceptors (Lipinski definition) is 3. The lowest BCUT2D eigenvalue weighted by Gasteiger charge is -2.05. The van der Waals surface area contributed by atoms with Crippen molar-refractivity contribution in [1.29, 1.82) is 0 Å². The Bertz CT molecular complexity index is 574. The first kappa shape index (κ1) is 11.4. The molecule has 0 radical (unpaired) electrons. The average Bonchev–Trinajstić information content (AvgIpc) is 2.69. The van der Waals surface area contributed by atoms with Crippen molar-refractivity contribution in [3.63, 3.8) is 0 Å². The number of H-pyrrole nitrogens is 1. The van der Waals surface area contributed by atoms with Gasteiger partial charge in [-0.25, -0.2) is 9.78 Å². The molecular weight excluding hydrogens is 237 g/mol. The topological polar surface area (TPSA) is 55.0 Å². The third kappa shape index (κ3) is 1.95. The molecule has 0 bridgehead atoms. The highest BCUT2D eigenvalue weighted by molar-refractivity contribution is 6.03. The van der Waals surface area contributed by atoms with Crippen molar-refractivity contribution < 1.29 is 22.7 Å². The molecule has 17 heavy (non-hydrogen) atoms. The second-order valence-electron chi connectivity index (χ2n) is 3.31. The van der Waals surface area contributed by atoms with E-state index in [4.69, 9.17) is 0 Å². The Hall–Kier alpha value is -2.05. The summed E-state index contributed by atoms with van der Waals surface area (Å²) < 4.78 is 41.9. The van der Waals surface area contributed by atoms with Crippen molar-refractivity contribution >= 4 is 17.0 Å². The molecule has 0 fully saturated rings. The van der Waals surface area contributed by atoms with Gasteiger partial charge in [0.2, 0.25) is 0 Å². The summed E-state index contributed by atoms with van der Waals surface area (Å²) in [6.07, 6.45) is -2.52. The fourth-order valence-corrected chi connectivity index (χ4v) is 1.44. The van der Waals surface area contributed by atoms with Gasteiger partial charge in [0.25, 0.3) is 0 Å². The van der Waals surface area contributed by atoms with Gasteiger partial charge in [0, 0.05) is 17.8 Å². The molecule has 90 valence electrons. The number of halogens is 3. The fraction of sp³-hybridized carbons (Fsp3) is 0.200. The molecule has 7 heteroatoms. The molecule has 0 unspecified atom stereocenters. The predicted octanol–water partition coefficient (Wildman–Crippen LogP) is 2.37. The fourth-order valence-electron chi connectivity index (χ4n) is 1.44. The zero-order valence-corrected chi connectivity index (χ0v) is 8.63. The minimum atomic E-state index is -4.49. The van der Waals surface area contributed by atoms with Crippen LogP contribution in [0.15, 0.2) is 18.5 Å². The number of nitrogens with zero attached hydrogens (tertiary/aromatic N) is 1. The highest BCUT2D eigenvalue weighted by atomic mass is 19.4. The molecule has 2 rings (SSSR count). The molecule has 0 aliphatic heterocycles. The van der Waals surface area contributed by atoms with Crippen LogP contribution in [-0.2, 0) is 10.9 Å². The van der Waals surface area contributed by atoms with Gasteiger partial charge in [-0.3, -0.25) is 0 Å². The van der Waals surface area contributed by atoms with Crippen molar-refractivity contribution in [3.8, 4) is 0 Å². The molecule has 4 nitrogen and oxygen atoms in total. The first-order valence-corrected chi connectivity index (χ1v) is 4.56. The van der Waals surface area contributed by atoms with Gasteiger partial charge < -0.3 is 9.72 Å². The number of nitrogens with one attached hydrogen (secondary N) is 1. The molecule has 2 aromatic rings. The molecule has 2 heterocycles. The molecule has 0 saturated carbocycles. The van der Waals surface area contributed by atoms with Gasteiger partial charge in [0.05, 0.1) is 18.2 Å². The van der Waals surface area contributed by atoms with Crippen LogP contribution >= 0.6 is 0 Å². The van der Waals surface area contributed by atoms with Crippen LogP contribution in [0.25, 0.3) is 11.0 Å². The number of fused-ring (bicyclic) bond motifs is 1. The van der Waals surface area contributed by atoms with Gasteiger partial charge in [0.15, 0.2) is 0 Å². The van der Waals surface area contributed by atoms with E-state index in [2.05, 4.69) is 14.7 Å². The average molecular weight is 244 g/mol. The van der Waals surface area contributed by atoms with Gasteiger partial charge in [-0.2, -0.15) is 13.2 Å². The van der Waals surface area contributed by atoms with Gasteiger partial charge in [-0.05, 0) is 6.07 Å². The Morgan fingerprint density at radius 1 is 1.47 bits per heavy atom. The van der Waals surface area contributed by atoms with Crippen LogP contribution in [0.5, 0.6) is 0 Å². The maximum atomic E-state index is 12.5. The van der Waals surface area contributed by atoms with E-state index >= 15 is 0 Å². The molecule has 0 aliphatic carbocycles. The van der Waals surface area contributed by atoms with Crippen LogP contribution in [0.3, 0.4) is 0 Å². The van der Waals surface area contributed by atoms with Crippen molar-refractivity contribution in [2.75, 3.05) is 7.11 Å². The second-order valence-corrected chi connectivity index (χ2v) is 3.31. The summed E-state index contributed by atoms with van der Waals surface area (Å²) in [5.74, 6) is -0.711. The summed E-state index contributed by atoms with van der Waals surface area (Å²) in [6.45, 7) is 0. The number of alkyl halides is 3. The Balaban J connectivity index is 2.62. The van der Waals surface area contributed by atoms with Crippen molar-refractivity contribution in [1.82, 2.24) is 9.97 Å². The van der Waals surface area contributed by atoms with Crippen LogP contribution in [0, 0.1) is 0 Å². The van der Waals surface area contributed by atoms with E-state index in [-0.39, 0.29) is 16.6 Å². The molecule has 0 saturated heterocycles. The molecule has 0 aliphatic rings. The number of esters is 1. The molecular formula is C10H7F3N2O2. The number of hydrogen-bond donors (Lipinski definition) is 1. The molecule has 1 N–H and O–H groups in total. The minimum Gasteiger partial charge on any atom is -0.465 e. The number of methoxy groups -OCH3 is 1. The third-order valence-electron chi connectivity index (χ3n) is 2.26. The summed E-state index contributed by atoms with van der Waals surface area (Å²) in [5, 5.41) is 0.0895. The zero-order chi connectivity index (χ0) is 12.6. The van der Waals surface area contributed by atoms with E-state index in [1.54, 1.807) is 0 Å². The van der Waals surface area contributed by atoms with E-state index in [0.29, 0.717) is 6.20 Å². The minimum absolute atomic E-state index is 0.0288. The Kier molecular flexibility index (Phi) is 2.53. The number of ether oxygens (including phenoxy) is 1. The van der Waals surface area contributed by atoms with Crippen molar-refractivity contribution in [3.05, 3.63) is 29.6 Å². The number of aromatic nitrogens is 2. The zero-order valence-electron chi connectivity index (χ0n) is 8.63. The Labute approximate surface area is 93.4 Å². The normalized spacial score (nSPS) is 11.8. The summed E-state index contributed by atoms with van der Waals surface area (Å²) in [7, 11) is 1.15. The van der Waals surface area contributed by atoms with Gasteiger partial charge in [0.1, 0.15) is 5.65 Å². The maximum Gasteiger partial charge on any atom is 0.417 e. The van der Waals surface area contributed by atoms with Crippen LogP contribution in [0.4, 0.5) is 13.2 Å². The van der Waals surface area contributed by atoms with E-state index in [9.17, 15) is 18.0 Å². The van der Waals surface area contributed by atoms with E-state index in [1.165, 1.54) is 6.20 Å². The number of pyridine rings is 1. The summed E-state index contributed by atoms with van der Waals surface area (Å²) in [6, 6.07) is 0.866. The highest BCUT2D eigenvalue weighted by Crippen LogP contribution is 2.31. The molecule has 0 atom stereocenters. The number of carbonyl (C=O) groups excluding carboxylic acids is 1. The van der Waals surface area contributed by atoms with E-state index in [0.717, 1.165) is 13.2 Å². The van der Waals surface area contributed by atoms with E-state index < -0.39 is 17.7 Å². The number of aromatic amines is 1. The lowest BCUT2D eigenvalue weighted by Crippen LogP contribution is -2.06. The lowest BCUT2D eigenvalue weighted by atomic mass is 10.1. The number of carbonyl (C=O) groups is 1. The first-order chi connectivity index (χ1) is 7.93. The largest absolute Gasteiger partial charge is 0.465 e. The standard InChI is InChI=1S/C10H7F3N2O2/c1-17-9(16)7-4-15-8-6(7)2-5(3-14-8)10(11,12)13/h2-4H,1H3,(H,14,15). The van der Waals surface area contributed by atoms with Crippen molar-refractivity contribution in [2.45, 2.75) is 6.18 Å². The summed E-state index contributed by atoms with van der Waals surface area (Å²) in [4.78, 5) is 17.5. The quantitative estimate of drug-likeness (QED) is 0.783. The van der Waals surface area contributed by atoms with Crippen LogP contribution in [0.1, 0.15) is 15.9 Å². The molecule has 2 aromatic heterocycles. The van der Waals surface area contributed by atoms with Crippen molar-refractivity contribution in [2.24, 2.45) is 0 Å². The predicted molar refractivity (Wildman–Crippen MR) is 52.4 cm³/mol.